The van der Waals surface area contributed by atoms with Crippen molar-refractivity contribution >= 4 is 23.3 Å². The van der Waals surface area contributed by atoms with Gasteiger partial charge >= 0.3 is 0 Å². The molecule has 0 radical (unpaired) electrons. The number of carbonyl (C=O) groups excluding carboxylic acids is 1. The van der Waals surface area contributed by atoms with Crippen LogP contribution in [0.5, 0.6) is 11.5 Å². The molecule has 8 nitrogen and oxygen atoms in total. The monoisotopic (exact) mass is 449 g/mol. The second-order valence-corrected chi connectivity index (χ2v) is 7.84. The molecule has 0 saturated carbocycles. The van der Waals surface area contributed by atoms with E-state index in [0.717, 1.165) is 22.6 Å². The van der Waals surface area contributed by atoms with E-state index in [1.165, 1.54) is 11.8 Å². The normalized spacial score (nSPS) is 10.8. The first-order chi connectivity index (χ1) is 15.7. The average Bonchev–Trinajstić information content (AvgIpc) is 3.25. The maximum atomic E-state index is 12.3. The van der Waals surface area contributed by atoms with Gasteiger partial charge in [-0.15, -0.1) is 10.2 Å². The van der Waals surface area contributed by atoms with E-state index in [-0.39, 0.29) is 11.7 Å². The molecule has 0 aliphatic carbocycles. The molecule has 32 heavy (non-hydrogen) atoms. The third kappa shape index (κ3) is 5.17. The Morgan fingerprint density at radius 3 is 2.69 bits per heavy atom. The van der Waals surface area contributed by atoms with Crippen LogP contribution in [-0.4, -0.2) is 45.2 Å². The predicted octanol–water partition coefficient (Wildman–Crippen LogP) is 3.61. The van der Waals surface area contributed by atoms with Crippen LogP contribution in [0.1, 0.15) is 12.5 Å². The van der Waals surface area contributed by atoms with Gasteiger partial charge in [0.25, 0.3) is 0 Å². The Bertz CT molecular complexity index is 1210. The molecule has 2 aromatic heterocycles. The van der Waals surface area contributed by atoms with Gasteiger partial charge in [0.15, 0.2) is 11.5 Å². The summed E-state index contributed by atoms with van der Waals surface area (Å²) in [5.74, 6) is 2.38. The van der Waals surface area contributed by atoms with Crippen LogP contribution in [0.15, 0.2) is 65.7 Å². The largest absolute Gasteiger partial charge is 0.497 e. The van der Waals surface area contributed by atoms with Crippen molar-refractivity contribution in [3.63, 3.8) is 0 Å². The first-order valence-electron chi connectivity index (χ1n) is 10.1. The Morgan fingerprint density at radius 2 is 1.91 bits per heavy atom. The van der Waals surface area contributed by atoms with Crippen molar-refractivity contribution in [2.24, 2.45) is 0 Å². The molecule has 1 N–H and O–H groups in total. The molecule has 0 saturated heterocycles. The van der Waals surface area contributed by atoms with Gasteiger partial charge in [-0.2, -0.15) is 9.61 Å². The maximum Gasteiger partial charge on any atom is 0.230 e. The summed E-state index contributed by atoms with van der Waals surface area (Å²) in [4.78, 5) is 12.3. The van der Waals surface area contributed by atoms with E-state index in [2.05, 4.69) is 20.6 Å². The number of fused-ring (bicyclic) bond motifs is 1. The van der Waals surface area contributed by atoms with Crippen LogP contribution in [0.4, 0.5) is 0 Å². The van der Waals surface area contributed by atoms with Crippen molar-refractivity contribution < 1.29 is 14.3 Å². The van der Waals surface area contributed by atoms with Crippen molar-refractivity contribution in [1.29, 1.82) is 0 Å². The predicted molar refractivity (Wildman–Crippen MR) is 123 cm³/mol. The van der Waals surface area contributed by atoms with Crippen LogP contribution in [0.25, 0.3) is 17.0 Å². The molecule has 4 aromatic rings. The van der Waals surface area contributed by atoms with Gasteiger partial charge in [0.2, 0.25) is 5.91 Å². The Hall–Kier alpha value is -3.59. The van der Waals surface area contributed by atoms with Gasteiger partial charge in [-0.1, -0.05) is 23.9 Å². The lowest BCUT2D eigenvalue weighted by molar-refractivity contribution is -0.118. The summed E-state index contributed by atoms with van der Waals surface area (Å²) >= 11 is 1.36. The Kier molecular flexibility index (Phi) is 6.86. The molecular formula is C23H23N5O3S. The fraction of sp³-hybridized carbons (Fsp3) is 0.217. The van der Waals surface area contributed by atoms with Crippen molar-refractivity contribution in [1.82, 2.24) is 25.1 Å². The highest BCUT2D eigenvalue weighted by atomic mass is 32.2. The second-order valence-electron chi connectivity index (χ2n) is 6.84. The number of aromatic nitrogens is 4. The molecule has 9 heteroatoms. The van der Waals surface area contributed by atoms with Crippen LogP contribution in [0, 0.1) is 0 Å². The number of nitrogens with zero attached hydrogens (tertiary/aromatic N) is 4. The van der Waals surface area contributed by atoms with Gasteiger partial charge in [-0.05, 0) is 61.0 Å². The molecule has 4 rings (SSSR count). The summed E-state index contributed by atoms with van der Waals surface area (Å²) in [5.41, 5.74) is 2.50. The lowest BCUT2D eigenvalue weighted by Crippen LogP contribution is -2.24. The minimum atomic E-state index is -0.0739. The molecule has 0 atom stereocenters. The second kappa shape index (κ2) is 10.1. The minimum Gasteiger partial charge on any atom is -0.497 e. The SMILES string of the molecule is CCOc1ccc(-c2nnc3ccc(SCC(=O)NCc4cccc(OC)c4)nn23)cc1. The van der Waals surface area contributed by atoms with Gasteiger partial charge in [0.05, 0.1) is 19.5 Å². The highest BCUT2D eigenvalue weighted by molar-refractivity contribution is 7.99. The smallest absolute Gasteiger partial charge is 0.230 e. The third-order valence-corrected chi connectivity index (χ3v) is 5.56. The fourth-order valence-corrected chi connectivity index (χ4v) is 3.75. The fourth-order valence-electron chi connectivity index (χ4n) is 3.07. The standard InChI is InChI=1S/C23H23N5O3S/c1-3-31-18-9-7-17(8-10-18)23-26-25-20-11-12-22(27-28(20)23)32-15-21(29)24-14-16-5-4-6-19(13-16)30-2/h4-13H,3,14-15H2,1-2H3,(H,24,29). The quantitative estimate of drug-likeness (QED) is 0.390. The van der Waals surface area contributed by atoms with E-state index < -0.39 is 0 Å². The van der Waals surface area contributed by atoms with Crippen LogP contribution in [-0.2, 0) is 11.3 Å². The molecule has 2 aromatic carbocycles. The first-order valence-corrected chi connectivity index (χ1v) is 11.1. The van der Waals surface area contributed by atoms with Crippen LogP contribution < -0.4 is 14.8 Å². The zero-order valence-electron chi connectivity index (χ0n) is 17.8. The van der Waals surface area contributed by atoms with Gasteiger partial charge in [-0.25, -0.2) is 0 Å². The summed E-state index contributed by atoms with van der Waals surface area (Å²) in [6, 6.07) is 18.9. The number of nitrogens with one attached hydrogen (secondary N) is 1. The number of hydrogen-bond donors (Lipinski definition) is 1. The lowest BCUT2D eigenvalue weighted by atomic mass is 10.2. The summed E-state index contributed by atoms with van der Waals surface area (Å²) in [7, 11) is 1.62. The van der Waals surface area contributed by atoms with Crippen molar-refractivity contribution in [3.05, 3.63) is 66.2 Å². The number of benzene rings is 2. The molecule has 0 fully saturated rings. The lowest BCUT2D eigenvalue weighted by Gasteiger charge is -2.07. The van der Waals surface area contributed by atoms with E-state index in [1.54, 1.807) is 11.6 Å². The molecule has 2 heterocycles. The zero-order chi connectivity index (χ0) is 22.3. The summed E-state index contributed by atoms with van der Waals surface area (Å²) < 4.78 is 12.4. The Labute approximate surface area is 190 Å². The topological polar surface area (TPSA) is 90.6 Å². The van der Waals surface area contributed by atoms with E-state index in [4.69, 9.17) is 9.47 Å². The molecular weight excluding hydrogens is 426 g/mol. The number of amides is 1. The Balaban J connectivity index is 1.40. The summed E-state index contributed by atoms with van der Waals surface area (Å²) in [6.07, 6.45) is 0. The summed E-state index contributed by atoms with van der Waals surface area (Å²) in [6.45, 7) is 3.00. The van der Waals surface area contributed by atoms with Crippen molar-refractivity contribution in [2.45, 2.75) is 18.5 Å². The molecule has 0 unspecified atom stereocenters. The molecule has 1 amide bonds. The first kappa shape index (κ1) is 21.6. The number of carbonyl (C=O) groups is 1. The van der Waals surface area contributed by atoms with Gasteiger partial charge in [-0.3, -0.25) is 4.79 Å². The number of rotatable bonds is 9. The van der Waals surface area contributed by atoms with Crippen LogP contribution in [0.2, 0.25) is 0 Å². The van der Waals surface area contributed by atoms with E-state index in [1.807, 2.05) is 67.6 Å². The van der Waals surface area contributed by atoms with E-state index >= 15 is 0 Å². The van der Waals surface area contributed by atoms with Crippen molar-refractivity contribution in [3.8, 4) is 22.9 Å². The maximum absolute atomic E-state index is 12.3. The number of thioether (sulfide) groups is 1. The molecule has 0 bridgehead atoms. The molecule has 0 spiro atoms. The average molecular weight is 450 g/mol. The highest BCUT2D eigenvalue weighted by Gasteiger charge is 2.11. The Morgan fingerprint density at radius 1 is 1.06 bits per heavy atom. The van der Waals surface area contributed by atoms with Crippen molar-refractivity contribution in [2.75, 3.05) is 19.5 Å². The number of ether oxygens (including phenoxy) is 2. The van der Waals surface area contributed by atoms with Gasteiger partial charge in [0.1, 0.15) is 16.5 Å². The molecule has 164 valence electrons. The van der Waals surface area contributed by atoms with Crippen LogP contribution in [0.3, 0.4) is 0 Å². The van der Waals surface area contributed by atoms with Gasteiger partial charge < -0.3 is 14.8 Å². The molecule has 0 aliphatic heterocycles. The number of methoxy groups -OCH3 is 1. The summed E-state index contributed by atoms with van der Waals surface area (Å²) in [5, 5.41) is 16.7. The van der Waals surface area contributed by atoms with Gasteiger partial charge in [0, 0.05) is 12.1 Å². The third-order valence-electron chi connectivity index (χ3n) is 4.64. The highest BCUT2D eigenvalue weighted by Crippen LogP contribution is 2.23. The zero-order valence-corrected chi connectivity index (χ0v) is 18.6. The molecule has 0 aliphatic rings. The van der Waals surface area contributed by atoms with E-state index in [9.17, 15) is 4.79 Å². The van der Waals surface area contributed by atoms with E-state index in [0.29, 0.717) is 29.6 Å². The minimum absolute atomic E-state index is 0.0739. The number of hydrogen-bond acceptors (Lipinski definition) is 7. The van der Waals surface area contributed by atoms with Crippen LogP contribution >= 0.6 is 11.8 Å².